The minimum atomic E-state index is -2.41. The van der Waals surface area contributed by atoms with Crippen molar-refractivity contribution in [2.45, 2.75) is 11.8 Å². The van der Waals surface area contributed by atoms with Crippen molar-refractivity contribution in [3.05, 3.63) is 60.7 Å². The summed E-state index contributed by atoms with van der Waals surface area (Å²) in [6.07, 6.45) is 0. The standard InChI is InChI=1S/C14H15O2PS2/c1-2-15-17(18,16-13-9-5-3-6-10-13)19-14-11-7-4-8-12-14/h3-12H,2H2,1H3. The van der Waals surface area contributed by atoms with Crippen molar-refractivity contribution in [3.63, 3.8) is 0 Å². The predicted molar refractivity (Wildman–Crippen MR) is 85.3 cm³/mol. The maximum absolute atomic E-state index is 5.91. The Bertz CT molecular complexity index is 500. The molecular weight excluding hydrogens is 295 g/mol. The molecule has 0 aliphatic carbocycles. The van der Waals surface area contributed by atoms with Gasteiger partial charge in [0, 0.05) is 4.90 Å². The van der Waals surface area contributed by atoms with Crippen LogP contribution in [-0.4, -0.2) is 6.61 Å². The molecule has 0 heterocycles. The molecular formula is C14H15O2PS2. The number of para-hydroxylation sites is 1. The van der Waals surface area contributed by atoms with Crippen molar-refractivity contribution in [2.24, 2.45) is 0 Å². The smallest absolute Gasteiger partial charge is 0.302 e. The van der Waals surface area contributed by atoms with Gasteiger partial charge >= 0.3 is 5.69 Å². The number of hydrogen-bond acceptors (Lipinski definition) is 4. The normalized spacial score (nSPS) is 13.7. The van der Waals surface area contributed by atoms with Gasteiger partial charge in [-0.25, -0.2) is 0 Å². The van der Waals surface area contributed by atoms with Crippen LogP contribution in [0.25, 0.3) is 0 Å². The van der Waals surface area contributed by atoms with Gasteiger partial charge in [-0.15, -0.1) is 0 Å². The summed E-state index contributed by atoms with van der Waals surface area (Å²) >= 11 is 7.09. The van der Waals surface area contributed by atoms with Crippen LogP contribution in [0.3, 0.4) is 0 Å². The highest BCUT2D eigenvalue weighted by Crippen LogP contribution is 2.63. The van der Waals surface area contributed by atoms with Crippen LogP contribution in [0.4, 0.5) is 0 Å². The van der Waals surface area contributed by atoms with Gasteiger partial charge in [0.05, 0.1) is 6.61 Å². The van der Waals surface area contributed by atoms with Crippen LogP contribution in [0.1, 0.15) is 6.92 Å². The molecule has 1 unspecified atom stereocenters. The largest absolute Gasteiger partial charge is 0.436 e. The first kappa shape index (κ1) is 14.6. The minimum Gasteiger partial charge on any atom is -0.436 e. The van der Waals surface area contributed by atoms with Gasteiger partial charge in [0.2, 0.25) is 0 Å². The van der Waals surface area contributed by atoms with E-state index in [1.807, 2.05) is 67.6 Å². The van der Waals surface area contributed by atoms with Gasteiger partial charge in [0.25, 0.3) is 0 Å². The van der Waals surface area contributed by atoms with E-state index in [1.54, 1.807) is 0 Å². The van der Waals surface area contributed by atoms with E-state index in [4.69, 9.17) is 20.9 Å². The molecule has 0 aliphatic rings. The predicted octanol–water partition coefficient (Wildman–Crippen LogP) is 5.12. The van der Waals surface area contributed by atoms with E-state index in [9.17, 15) is 0 Å². The summed E-state index contributed by atoms with van der Waals surface area (Å²) in [4.78, 5) is 1.07. The molecule has 0 N–H and O–H groups in total. The Balaban J connectivity index is 2.16. The van der Waals surface area contributed by atoms with Gasteiger partial charge in [0.1, 0.15) is 5.75 Å². The van der Waals surface area contributed by atoms with E-state index >= 15 is 0 Å². The van der Waals surface area contributed by atoms with Crippen molar-refractivity contribution < 1.29 is 9.05 Å². The van der Waals surface area contributed by atoms with E-state index in [1.165, 1.54) is 11.4 Å². The average molecular weight is 310 g/mol. The molecule has 2 aromatic rings. The Kier molecular flexibility index (Phi) is 5.46. The van der Waals surface area contributed by atoms with Crippen molar-refractivity contribution in [3.8, 4) is 5.75 Å². The van der Waals surface area contributed by atoms with Crippen LogP contribution < -0.4 is 4.52 Å². The van der Waals surface area contributed by atoms with Gasteiger partial charge < -0.3 is 9.05 Å². The lowest BCUT2D eigenvalue weighted by Gasteiger charge is -2.21. The fourth-order valence-corrected chi connectivity index (χ4v) is 6.16. The third-order valence-electron chi connectivity index (χ3n) is 2.21. The topological polar surface area (TPSA) is 18.5 Å². The molecule has 100 valence electrons. The minimum absolute atomic E-state index is 0.546. The lowest BCUT2D eigenvalue weighted by atomic mass is 10.3. The Morgan fingerprint density at radius 3 is 2.16 bits per heavy atom. The van der Waals surface area contributed by atoms with Crippen LogP contribution >= 0.6 is 17.1 Å². The molecule has 0 amide bonds. The third kappa shape index (κ3) is 4.66. The fourth-order valence-electron chi connectivity index (χ4n) is 1.45. The second kappa shape index (κ2) is 7.11. The summed E-state index contributed by atoms with van der Waals surface area (Å²) in [6, 6.07) is 19.6. The number of benzene rings is 2. The molecule has 2 rings (SSSR count). The van der Waals surface area contributed by atoms with E-state index in [2.05, 4.69) is 0 Å². The first-order valence-electron chi connectivity index (χ1n) is 5.96. The lowest BCUT2D eigenvalue weighted by Crippen LogP contribution is -1.94. The summed E-state index contributed by atoms with van der Waals surface area (Å²) < 4.78 is 11.6. The maximum atomic E-state index is 5.91. The molecule has 0 bridgehead atoms. The van der Waals surface area contributed by atoms with Gasteiger partial charge in [-0.2, -0.15) is 0 Å². The van der Waals surface area contributed by atoms with Crippen LogP contribution in [-0.2, 0) is 16.3 Å². The fraction of sp³-hybridized carbons (Fsp3) is 0.143. The highest BCUT2D eigenvalue weighted by atomic mass is 32.9. The van der Waals surface area contributed by atoms with Crippen molar-refractivity contribution >= 4 is 28.9 Å². The molecule has 0 aliphatic heterocycles. The SMILES string of the molecule is CCOP(=S)(Oc1ccccc1)Sc1ccccc1. The zero-order valence-electron chi connectivity index (χ0n) is 10.6. The quantitative estimate of drug-likeness (QED) is 0.689. The van der Waals surface area contributed by atoms with Gasteiger partial charge in [-0.05, 0) is 54.4 Å². The Morgan fingerprint density at radius 1 is 1.00 bits per heavy atom. The summed E-state index contributed by atoms with van der Waals surface area (Å²) in [5.74, 6) is 0.753. The van der Waals surface area contributed by atoms with Gasteiger partial charge in [0.15, 0.2) is 0 Å². The lowest BCUT2D eigenvalue weighted by molar-refractivity contribution is 0.344. The molecule has 0 fully saturated rings. The van der Waals surface area contributed by atoms with Crippen molar-refractivity contribution in [1.82, 2.24) is 0 Å². The molecule has 0 radical (unpaired) electrons. The van der Waals surface area contributed by atoms with Crippen LogP contribution in [0, 0.1) is 0 Å². The first-order valence-corrected chi connectivity index (χ1v) is 10.0. The second-order valence-electron chi connectivity index (χ2n) is 3.67. The summed E-state index contributed by atoms with van der Waals surface area (Å²) in [7, 11) is 0. The van der Waals surface area contributed by atoms with E-state index < -0.39 is 5.69 Å². The van der Waals surface area contributed by atoms with E-state index in [0.29, 0.717) is 6.61 Å². The highest BCUT2D eigenvalue weighted by Gasteiger charge is 2.22. The molecule has 5 heteroatoms. The Morgan fingerprint density at radius 2 is 1.58 bits per heavy atom. The molecule has 1 atom stereocenters. The summed E-state index contributed by atoms with van der Waals surface area (Å²) in [5, 5.41) is 0. The molecule has 0 aromatic heterocycles. The Labute approximate surface area is 123 Å². The van der Waals surface area contributed by atoms with Gasteiger partial charge in [-0.3, -0.25) is 0 Å². The maximum Gasteiger partial charge on any atom is 0.302 e. The van der Waals surface area contributed by atoms with Crippen LogP contribution in [0.2, 0.25) is 0 Å². The molecule has 0 spiro atoms. The third-order valence-corrected chi connectivity index (χ3v) is 6.98. The van der Waals surface area contributed by atoms with Gasteiger partial charge in [-0.1, -0.05) is 36.4 Å². The molecule has 19 heavy (non-hydrogen) atoms. The van der Waals surface area contributed by atoms with Crippen molar-refractivity contribution in [2.75, 3.05) is 6.61 Å². The Hall–Kier alpha value is -0.800. The summed E-state index contributed by atoms with van der Waals surface area (Å²) in [5.41, 5.74) is -2.41. The van der Waals surface area contributed by atoms with E-state index in [-0.39, 0.29) is 0 Å². The zero-order valence-corrected chi connectivity index (χ0v) is 13.1. The zero-order chi connectivity index (χ0) is 13.6. The first-order chi connectivity index (χ1) is 9.22. The molecule has 2 aromatic carbocycles. The second-order valence-corrected chi connectivity index (χ2v) is 9.79. The van der Waals surface area contributed by atoms with Crippen molar-refractivity contribution in [1.29, 1.82) is 0 Å². The number of hydrogen-bond donors (Lipinski definition) is 0. The van der Waals surface area contributed by atoms with Crippen LogP contribution in [0.5, 0.6) is 5.75 Å². The molecule has 0 saturated carbocycles. The van der Waals surface area contributed by atoms with Crippen LogP contribution in [0.15, 0.2) is 65.6 Å². The van der Waals surface area contributed by atoms with E-state index in [0.717, 1.165) is 10.6 Å². The monoisotopic (exact) mass is 310 g/mol. The molecule has 2 nitrogen and oxygen atoms in total. The molecule has 0 saturated heterocycles. The average Bonchev–Trinajstić information content (AvgIpc) is 2.41. The number of rotatable bonds is 6. The highest BCUT2D eigenvalue weighted by molar-refractivity contribution is 8.68. The summed E-state index contributed by atoms with van der Waals surface area (Å²) in [6.45, 7) is 2.48.